The van der Waals surface area contributed by atoms with Gasteiger partial charge in [-0.3, -0.25) is 4.28 Å². The molecule has 1 aliphatic rings. The molecule has 0 saturated carbocycles. The van der Waals surface area contributed by atoms with Gasteiger partial charge in [-0.1, -0.05) is 46.7 Å². The third-order valence-corrected chi connectivity index (χ3v) is 4.01. The first-order chi connectivity index (χ1) is 9.90. The number of nitriles is 1. The Balaban J connectivity index is 2.32. The molecule has 0 spiro atoms. The number of rotatable bonds is 3. The van der Waals surface area contributed by atoms with Crippen LogP contribution in [-0.2, 0) is 14.4 Å². The molecule has 1 aromatic carbocycles. The number of oxime groups is 1. The Hall–Kier alpha value is -1.75. The maximum Gasteiger partial charge on any atom is 0.325 e. The van der Waals surface area contributed by atoms with Gasteiger partial charge in [-0.15, -0.1) is 0 Å². The first-order valence-corrected chi connectivity index (χ1v) is 8.63. The average Bonchev–Trinajstić information content (AvgIpc) is 2.87. The summed E-state index contributed by atoms with van der Waals surface area (Å²) in [5, 5.41) is 13.6. The highest BCUT2D eigenvalue weighted by molar-refractivity contribution is 8.18. The Morgan fingerprint density at radius 2 is 2.10 bits per heavy atom. The van der Waals surface area contributed by atoms with Crippen molar-refractivity contribution < 1.29 is 12.7 Å². The molecule has 21 heavy (non-hydrogen) atoms. The predicted molar refractivity (Wildman–Crippen MR) is 84.1 cm³/mol. The lowest BCUT2D eigenvalue weighted by molar-refractivity contribution is 0.345. The van der Waals surface area contributed by atoms with E-state index in [1.54, 1.807) is 36.4 Å². The van der Waals surface area contributed by atoms with Crippen LogP contribution in [0.15, 0.2) is 46.5 Å². The smallest absolute Gasteiger partial charge is 0.268 e. The Bertz CT molecular complexity index is 805. The molecule has 0 amide bonds. The number of hydrogen-bond donors (Lipinski definition) is 0. The van der Waals surface area contributed by atoms with E-state index in [2.05, 4.69) is 15.5 Å². The van der Waals surface area contributed by atoms with Gasteiger partial charge in [0, 0.05) is 15.5 Å². The molecule has 2 rings (SSSR count). The summed E-state index contributed by atoms with van der Waals surface area (Å²) in [6.45, 7) is 0. The van der Waals surface area contributed by atoms with Crippen molar-refractivity contribution in [2.75, 3.05) is 6.26 Å². The molecule has 1 aromatic rings. The lowest BCUT2D eigenvalue weighted by Gasteiger charge is -2.04. The average molecular weight is 341 g/mol. The van der Waals surface area contributed by atoms with Crippen molar-refractivity contribution in [1.82, 2.24) is 0 Å². The monoisotopic (exact) mass is 340 g/mol. The lowest BCUT2D eigenvalue weighted by atomic mass is 10.1. The fraction of sp³-hybridized carbons (Fsp3) is 0.0769. The van der Waals surface area contributed by atoms with Crippen molar-refractivity contribution in [3.63, 3.8) is 0 Å². The van der Waals surface area contributed by atoms with E-state index in [0.29, 0.717) is 26.1 Å². The van der Waals surface area contributed by atoms with E-state index >= 15 is 0 Å². The van der Waals surface area contributed by atoms with Gasteiger partial charge in [-0.25, -0.2) is 0 Å². The highest BCUT2D eigenvalue weighted by Crippen LogP contribution is 2.36. The summed E-state index contributed by atoms with van der Waals surface area (Å²) >= 11 is 7.22. The van der Waals surface area contributed by atoms with Crippen LogP contribution in [0, 0.1) is 11.3 Å². The van der Waals surface area contributed by atoms with Crippen LogP contribution < -0.4 is 0 Å². The topological polar surface area (TPSA) is 79.5 Å². The minimum Gasteiger partial charge on any atom is -0.268 e. The Morgan fingerprint density at radius 3 is 2.71 bits per heavy atom. The first-order valence-electron chi connectivity index (χ1n) is 5.62. The molecule has 0 radical (unpaired) electrons. The fourth-order valence-electron chi connectivity index (χ4n) is 1.53. The van der Waals surface area contributed by atoms with Crippen LogP contribution in [0.4, 0.5) is 0 Å². The number of nitrogens with zero attached hydrogens (tertiary/aromatic N) is 2. The Labute approximate surface area is 131 Å². The van der Waals surface area contributed by atoms with Crippen LogP contribution in [0.25, 0.3) is 5.57 Å². The molecule has 0 aromatic heterocycles. The first kappa shape index (κ1) is 15.6. The number of allylic oxidation sites excluding steroid dienone is 2. The summed E-state index contributed by atoms with van der Waals surface area (Å²) in [7, 11) is -3.65. The van der Waals surface area contributed by atoms with E-state index in [4.69, 9.17) is 11.6 Å². The summed E-state index contributed by atoms with van der Waals surface area (Å²) in [5.41, 5.74) is 1.01. The molecule has 0 unspecified atom stereocenters. The van der Waals surface area contributed by atoms with Gasteiger partial charge >= 0.3 is 10.1 Å². The van der Waals surface area contributed by atoms with Crippen LogP contribution >= 0.6 is 23.4 Å². The molecule has 1 heterocycles. The summed E-state index contributed by atoms with van der Waals surface area (Å²) in [4.78, 5) is 0.626. The van der Waals surface area contributed by atoms with Gasteiger partial charge in [-0.2, -0.15) is 13.7 Å². The van der Waals surface area contributed by atoms with Gasteiger partial charge < -0.3 is 0 Å². The quantitative estimate of drug-likeness (QED) is 0.623. The number of hydrogen-bond acceptors (Lipinski definition) is 6. The summed E-state index contributed by atoms with van der Waals surface area (Å²) in [6, 6.07) is 9.09. The molecular weight excluding hydrogens is 332 g/mol. The normalized spacial score (nSPS) is 18.6. The van der Waals surface area contributed by atoms with E-state index < -0.39 is 10.1 Å². The third-order valence-electron chi connectivity index (χ3n) is 2.36. The SMILES string of the molecule is CS(=O)(=O)ON=C1C=CC(=C(C#N)c2ccccc2Cl)S1. The van der Waals surface area contributed by atoms with E-state index in [1.807, 2.05) is 0 Å². The van der Waals surface area contributed by atoms with Crippen molar-refractivity contribution >= 4 is 44.1 Å². The van der Waals surface area contributed by atoms with Gasteiger partial charge in [0.15, 0.2) is 0 Å². The molecule has 0 bridgehead atoms. The van der Waals surface area contributed by atoms with Gasteiger partial charge in [0.05, 0.1) is 11.8 Å². The second-order valence-corrected chi connectivity index (χ2v) is 7.00. The number of thioether (sulfide) groups is 1. The minimum atomic E-state index is -3.65. The van der Waals surface area contributed by atoms with Crippen LogP contribution in [0.5, 0.6) is 0 Å². The zero-order valence-electron chi connectivity index (χ0n) is 10.8. The lowest BCUT2D eigenvalue weighted by Crippen LogP contribution is -1.98. The molecule has 0 saturated heterocycles. The predicted octanol–water partition coefficient (Wildman–Crippen LogP) is 3.17. The second-order valence-electron chi connectivity index (χ2n) is 3.97. The minimum absolute atomic E-state index is 0.343. The fourth-order valence-corrected chi connectivity index (χ4v) is 2.85. The highest BCUT2D eigenvalue weighted by Gasteiger charge is 2.17. The van der Waals surface area contributed by atoms with Crippen molar-refractivity contribution in [3.8, 4) is 6.07 Å². The summed E-state index contributed by atoms with van der Waals surface area (Å²) < 4.78 is 26.1. The number of benzene rings is 1. The number of halogens is 1. The zero-order chi connectivity index (χ0) is 15.5. The molecule has 1 aliphatic heterocycles. The standard InChI is InChI=1S/C13H9ClN2O3S2/c1-21(17,18)19-16-13-7-6-12(20-13)10(8-15)9-4-2-3-5-11(9)14/h2-7H,1H3. The molecule has 108 valence electrons. The van der Waals surface area contributed by atoms with Gasteiger partial charge in [-0.05, 0) is 18.2 Å². The Morgan fingerprint density at radius 1 is 1.38 bits per heavy atom. The van der Waals surface area contributed by atoms with Crippen LogP contribution in [0.3, 0.4) is 0 Å². The van der Waals surface area contributed by atoms with E-state index in [9.17, 15) is 13.7 Å². The Kier molecular flexibility index (Phi) is 4.73. The van der Waals surface area contributed by atoms with Crippen molar-refractivity contribution in [2.24, 2.45) is 5.16 Å². The van der Waals surface area contributed by atoms with Crippen molar-refractivity contribution in [3.05, 3.63) is 51.9 Å². The maximum absolute atomic E-state index is 10.9. The van der Waals surface area contributed by atoms with E-state index in [0.717, 1.165) is 18.0 Å². The second kappa shape index (κ2) is 6.35. The van der Waals surface area contributed by atoms with E-state index in [-0.39, 0.29) is 0 Å². The third kappa shape index (κ3) is 4.11. The molecule has 0 fully saturated rings. The summed E-state index contributed by atoms with van der Waals surface area (Å²) in [6.07, 6.45) is 4.14. The molecular formula is C13H9ClN2O3S2. The van der Waals surface area contributed by atoms with Gasteiger partial charge in [0.1, 0.15) is 11.1 Å². The molecule has 0 atom stereocenters. The van der Waals surface area contributed by atoms with Crippen LogP contribution in [0.1, 0.15) is 5.56 Å². The molecule has 0 N–H and O–H groups in total. The molecule has 5 nitrogen and oxygen atoms in total. The van der Waals surface area contributed by atoms with Crippen molar-refractivity contribution in [1.29, 1.82) is 5.26 Å². The molecule has 8 heteroatoms. The summed E-state index contributed by atoms with van der Waals surface area (Å²) in [5.74, 6) is 0. The maximum atomic E-state index is 10.9. The zero-order valence-corrected chi connectivity index (χ0v) is 13.2. The largest absolute Gasteiger partial charge is 0.325 e. The van der Waals surface area contributed by atoms with Crippen molar-refractivity contribution in [2.45, 2.75) is 0 Å². The van der Waals surface area contributed by atoms with Gasteiger partial charge in [0.2, 0.25) is 0 Å². The van der Waals surface area contributed by atoms with Crippen LogP contribution in [-0.4, -0.2) is 19.7 Å². The van der Waals surface area contributed by atoms with E-state index in [1.165, 1.54) is 0 Å². The molecule has 0 aliphatic carbocycles. The van der Waals surface area contributed by atoms with Gasteiger partial charge in [0.25, 0.3) is 0 Å². The van der Waals surface area contributed by atoms with Crippen LogP contribution in [0.2, 0.25) is 5.02 Å². The highest BCUT2D eigenvalue weighted by atomic mass is 35.5.